The third kappa shape index (κ3) is 6.01. The van der Waals surface area contributed by atoms with E-state index in [9.17, 15) is 22.8 Å². The zero-order valence-corrected chi connectivity index (χ0v) is 15.7. The van der Waals surface area contributed by atoms with Gasteiger partial charge in [-0.15, -0.1) is 0 Å². The number of halogens is 4. The quantitative estimate of drug-likeness (QED) is 0.630. The fourth-order valence-electron chi connectivity index (χ4n) is 2.41. The van der Waals surface area contributed by atoms with E-state index < -0.39 is 29.6 Å². The van der Waals surface area contributed by atoms with Crippen molar-refractivity contribution >= 4 is 34.4 Å². The van der Waals surface area contributed by atoms with Crippen LogP contribution in [0.1, 0.15) is 16.7 Å². The Morgan fingerprint density at radius 1 is 1.08 bits per heavy atom. The van der Waals surface area contributed by atoms with Gasteiger partial charge < -0.3 is 11.1 Å². The summed E-state index contributed by atoms with van der Waals surface area (Å²) in [5, 5.41) is 2.49. The molecule has 0 heterocycles. The molecule has 138 valence electrons. The fraction of sp³-hybridized carbons (Fsp3) is 0.222. The minimum absolute atomic E-state index is 0.204. The highest BCUT2D eigenvalue weighted by Gasteiger charge is 2.30. The minimum atomic E-state index is -4.48. The van der Waals surface area contributed by atoms with Crippen LogP contribution in [0, 0.1) is 3.57 Å². The lowest BCUT2D eigenvalue weighted by Crippen LogP contribution is -2.46. The van der Waals surface area contributed by atoms with Crippen molar-refractivity contribution in [1.82, 2.24) is 5.32 Å². The van der Waals surface area contributed by atoms with E-state index in [1.165, 1.54) is 12.1 Å². The van der Waals surface area contributed by atoms with Gasteiger partial charge in [0.1, 0.15) is 6.04 Å². The molecule has 2 amide bonds. The summed E-state index contributed by atoms with van der Waals surface area (Å²) in [5.74, 6) is -1.28. The van der Waals surface area contributed by atoms with E-state index in [2.05, 4.69) is 27.9 Å². The number of nitrogens with one attached hydrogen (secondary N) is 1. The summed E-state index contributed by atoms with van der Waals surface area (Å²) in [4.78, 5) is 23.8. The number of primary amides is 1. The van der Waals surface area contributed by atoms with Crippen LogP contribution in [0.2, 0.25) is 0 Å². The smallest absolute Gasteiger partial charge is 0.368 e. The maximum atomic E-state index is 12.7. The lowest BCUT2D eigenvalue weighted by molar-refractivity contribution is -0.137. The molecule has 26 heavy (non-hydrogen) atoms. The first-order valence-corrected chi connectivity index (χ1v) is 8.72. The molecule has 2 rings (SSSR count). The Hall–Kier alpha value is -2.10. The molecule has 0 spiro atoms. The molecule has 0 unspecified atom stereocenters. The zero-order chi connectivity index (χ0) is 19.3. The first-order valence-electron chi connectivity index (χ1n) is 7.64. The topological polar surface area (TPSA) is 72.2 Å². The van der Waals surface area contributed by atoms with Gasteiger partial charge in [-0.2, -0.15) is 13.2 Å². The van der Waals surface area contributed by atoms with E-state index in [1.807, 2.05) is 18.2 Å². The van der Waals surface area contributed by atoms with E-state index in [0.29, 0.717) is 0 Å². The van der Waals surface area contributed by atoms with Gasteiger partial charge >= 0.3 is 6.18 Å². The Morgan fingerprint density at radius 2 is 1.73 bits per heavy atom. The fourth-order valence-corrected chi connectivity index (χ4v) is 3.02. The summed E-state index contributed by atoms with van der Waals surface area (Å²) >= 11 is 2.12. The SMILES string of the molecule is NC(=O)[C@@H](Cc1cccc(I)c1)NC(=O)Cc1cccc(C(F)(F)F)c1. The van der Waals surface area contributed by atoms with Gasteiger partial charge in [0.15, 0.2) is 0 Å². The zero-order valence-electron chi connectivity index (χ0n) is 13.5. The lowest BCUT2D eigenvalue weighted by atomic mass is 10.0. The van der Waals surface area contributed by atoms with E-state index >= 15 is 0 Å². The number of nitrogens with two attached hydrogens (primary N) is 1. The molecular weight excluding hydrogens is 460 g/mol. The van der Waals surface area contributed by atoms with Crippen LogP contribution < -0.4 is 11.1 Å². The summed E-state index contributed by atoms with van der Waals surface area (Å²) in [6.45, 7) is 0. The summed E-state index contributed by atoms with van der Waals surface area (Å²) in [5.41, 5.74) is 5.54. The largest absolute Gasteiger partial charge is 0.416 e. The van der Waals surface area contributed by atoms with Crippen molar-refractivity contribution in [2.75, 3.05) is 0 Å². The highest BCUT2D eigenvalue weighted by Crippen LogP contribution is 2.29. The molecule has 0 saturated heterocycles. The number of amides is 2. The van der Waals surface area contributed by atoms with E-state index in [0.717, 1.165) is 21.3 Å². The Morgan fingerprint density at radius 3 is 2.35 bits per heavy atom. The van der Waals surface area contributed by atoms with Crippen LogP contribution in [0.4, 0.5) is 13.2 Å². The van der Waals surface area contributed by atoms with Gasteiger partial charge in [0, 0.05) is 9.99 Å². The molecule has 8 heteroatoms. The van der Waals surface area contributed by atoms with Crippen LogP contribution in [0.15, 0.2) is 48.5 Å². The van der Waals surface area contributed by atoms with Crippen molar-refractivity contribution in [3.05, 3.63) is 68.8 Å². The van der Waals surface area contributed by atoms with Gasteiger partial charge in [-0.05, 0) is 51.9 Å². The van der Waals surface area contributed by atoms with Crippen molar-refractivity contribution < 1.29 is 22.8 Å². The van der Waals surface area contributed by atoms with Gasteiger partial charge in [0.2, 0.25) is 11.8 Å². The molecule has 2 aromatic carbocycles. The van der Waals surface area contributed by atoms with Crippen LogP contribution in [0.25, 0.3) is 0 Å². The van der Waals surface area contributed by atoms with Crippen LogP contribution in [-0.4, -0.2) is 17.9 Å². The third-order valence-corrected chi connectivity index (χ3v) is 4.30. The average Bonchev–Trinajstić information content (AvgIpc) is 2.53. The van der Waals surface area contributed by atoms with Gasteiger partial charge in [-0.1, -0.05) is 30.3 Å². The predicted molar refractivity (Wildman–Crippen MR) is 99.1 cm³/mol. The van der Waals surface area contributed by atoms with Crippen molar-refractivity contribution in [2.24, 2.45) is 5.73 Å². The molecule has 2 aromatic rings. The van der Waals surface area contributed by atoms with Crippen LogP contribution in [0.3, 0.4) is 0 Å². The Kier molecular flexibility index (Phi) is 6.63. The van der Waals surface area contributed by atoms with Crippen molar-refractivity contribution in [3.63, 3.8) is 0 Å². The number of hydrogen-bond donors (Lipinski definition) is 2. The van der Waals surface area contributed by atoms with Gasteiger partial charge in [-0.25, -0.2) is 0 Å². The first kappa shape index (κ1) is 20.2. The molecule has 0 fully saturated rings. The van der Waals surface area contributed by atoms with Crippen molar-refractivity contribution in [2.45, 2.75) is 25.1 Å². The molecule has 0 aliphatic carbocycles. The molecule has 0 aromatic heterocycles. The Labute approximate surface area is 162 Å². The number of carbonyl (C=O) groups excluding carboxylic acids is 2. The highest BCUT2D eigenvalue weighted by atomic mass is 127. The molecule has 0 saturated carbocycles. The van der Waals surface area contributed by atoms with Crippen LogP contribution >= 0.6 is 22.6 Å². The standard InChI is InChI=1S/C18H16F3IN2O2/c19-18(20,21)13-5-1-3-11(7-13)10-16(25)24-15(17(23)26)9-12-4-2-6-14(22)8-12/h1-8,15H,9-10H2,(H2,23,26)(H,24,25)/t15-/m1/s1. The number of benzene rings is 2. The molecular formula is C18H16F3IN2O2. The molecule has 0 bridgehead atoms. The third-order valence-electron chi connectivity index (χ3n) is 3.63. The first-order chi connectivity index (χ1) is 12.1. The number of alkyl halides is 3. The second kappa shape index (κ2) is 8.52. The van der Waals surface area contributed by atoms with Crippen molar-refractivity contribution in [1.29, 1.82) is 0 Å². The second-order valence-corrected chi connectivity index (χ2v) is 6.98. The minimum Gasteiger partial charge on any atom is -0.368 e. The van der Waals surface area contributed by atoms with E-state index in [-0.39, 0.29) is 18.4 Å². The van der Waals surface area contributed by atoms with Gasteiger partial charge in [0.25, 0.3) is 0 Å². The highest BCUT2D eigenvalue weighted by molar-refractivity contribution is 14.1. The summed E-state index contributed by atoms with van der Waals surface area (Å²) < 4.78 is 39.2. The second-order valence-electron chi connectivity index (χ2n) is 5.73. The molecule has 3 N–H and O–H groups in total. The maximum Gasteiger partial charge on any atom is 0.416 e. The molecule has 0 radical (unpaired) electrons. The van der Waals surface area contributed by atoms with Gasteiger partial charge in [-0.3, -0.25) is 9.59 Å². The molecule has 4 nitrogen and oxygen atoms in total. The lowest BCUT2D eigenvalue weighted by Gasteiger charge is -2.16. The summed E-state index contributed by atoms with van der Waals surface area (Å²) in [6.07, 6.45) is -4.55. The summed E-state index contributed by atoms with van der Waals surface area (Å²) in [7, 11) is 0. The molecule has 0 aliphatic rings. The van der Waals surface area contributed by atoms with E-state index in [1.54, 1.807) is 6.07 Å². The average molecular weight is 476 g/mol. The summed E-state index contributed by atoms with van der Waals surface area (Å²) in [6, 6.07) is 10.9. The Balaban J connectivity index is 2.05. The molecule has 1 atom stereocenters. The van der Waals surface area contributed by atoms with Crippen LogP contribution in [0.5, 0.6) is 0 Å². The Bertz CT molecular complexity index is 809. The predicted octanol–water partition coefficient (Wildman–Crippen LogP) is 3.07. The maximum absolute atomic E-state index is 12.7. The normalized spacial score (nSPS) is 12.5. The van der Waals surface area contributed by atoms with Crippen LogP contribution in [-0.2, 0) is 28.6 Å². The number of carbonyl (C=O) groups is 2. The number of rotatable bonds is 6. The van der Waals surface area contributed by atoms with E-state index in [4.69, 9.17) is 5.73 Å². The monoisotopic (exact) mass is 476 g/mol. The molecule has 0 aliphatic heterocycles. The number of hydrogen-bond acceptors (Lipinski definition) is 2. The van der Waals surface area contributed by atoms with Gasteiger partial charge in [0.05, 0.1) is 12.0 Å². The van der Waals surface area contributed by atoms with Crippen molar-refractivity contribution in [3.8, 4) is 0 Å².